The van der Waals surface area contributed by atoms with Crippen LogP contribution in [0.25, 0.3) is 10.9 Å². The number of benzene rings is 1. The van der Waals surface area contributed by atoms with Gasteiger partial charge >= 0.3 is 6.09 Å². The molecule has 3 saturated heterocycles. The Morgan fingerprint density at radius 2 is 1.74 bits per heavy atom. The van der Waals surface area contributed by atoms with Gasteiger partial charge < -0.3 is 19.4 Å². The summed E-state index contributed by atoms with van der Waals surface area (Å²) in [7, 11) is -1.18. The van der Waals surface area contributed by atoms with E-state index in [0.29, 0.717) is 25.2 Å². The summed E-state index contributed by atoms with van der Waals surface area (Å²) >= 11 is 0. The van der Waals surface area contributed by atoms with Crippen molar-refractivity contribution in [2.75, 3.05) is 44.8 Å². The molecular weight excluding hydrogens is 520 g/mol. The molecule has 10 nitrogen and oxygen atoms in total. The predicted molar refractivity (Wildman–Crippen MR) is 150 cm³/mol. The summed E-state index contributed by atoms with van der Waals surface area (Å²) < 4.78 is 36.6. The van der Waals surface area contributed by atoms with Crippen molar-refractivity contribution < 1.29 is 22.7 Å². The molecule has 0 aliphatic carbocycles. The highest BCUT2D eigenvalue weighted by Gasteiger charge is 2.42. The number of carbonyl (C=O) groups is 1. The zero-order chi connectivity index (χ0) is 27.7. The van der Waals surface area contributed by atoms with Crippen LogP contribution in [-0.2, 0) is 14.6 Å². The van der Waals surface area contributed by atoms with E-state index in [2.05, 4.69) is 15.1 Å². The Kier molecular flexibility index (Phi) is 8.32. The number of fused-ring (bicyclic) bond motifs is 3. The van der Waals surface area contributed by atoms with Gasteiger partial charge in [0, 0.05) is 62.8 Å². The Labute approximate surface area is 230 Å². The average molecular weight is 561 g/mol. The SMILES string of the molecule is COC(CN1CCS(=O)(=O)CC1)CN1[C@@H]2CC[C@H]1C[C@H](NC(=O)Oc1cc3ccccc3n(C(C)C)c1=O)C2. The molecule has 2 aromatic rings. The highest BCUT2D eigenvalue weighted by atomic mass is 32.2. The molecule has 11 heteroatoms. The quantitative estimate of drug-likeness (QED) is 0.524. The maximum atomic E-state index is 13.1. The molecule has 39 heavy (non-hydrogen) atoms. The number of para-hydroxylation sites is 1. The van der Waals surface area contributed by atoms with Gasteiger partial charge in [-0.3, -0.25) is 14.6 Å². The molecular formula is C28H40N4O6S. The van der Waals surface area contributed by atoms with Crippen molar-refractivity contribution in [2.45, 2.75) is 69.8 Å². The summed E-state index contributed by atoms with van der Waals surface area (Å²) in [6.07, 6.45) is 3.18. The Morgan fingerprint density at radius 3 is 2.38 bits per heavy atom. The second-order valence-electron chi connectivity index (χ2n) is 11.4. The average Bonchev–Trinajstić information content (AvgIpc) is 3.11. The zero-order valence-corrected chi connectivity index (χ0v) is 23.9. The standard InChI is InChI=1S/C28H40N4O6S/c1-19(2)32-25-7-5-4-6-20(25)14-26(27(32)33)38-28(34)29-21-15-22-8-9-23(16-21)31(22)18-24(37-3)17-30-10-12-39(35,36)13-11-30/h4-7,14,19,21-24H,8-13,15-18H2,1-3H3,(H,29,34)/t21-,22-,23+,24?. The number of ether oxygens (including phenoxy) is 2. The molecule has 0 radical (unpaired) electrons. The highest BCUT2D eigenvalue weighted by molar-refractivity contribution is 7.91. The summed E-state index contributed by atoms with van der Waals surface area (Å²) in [5.74, 6) is 0.465. The van der Waals surface area contributed by atoms with Gasteiger partial charge in [-0.1, -0.05) is 18.2 Å². The fourth-order valence-electron chi connectivity index (χ4n) is 6.49. The van der Waals surface area contributed by atoms with E-state index in [1.54, 1.807) is 17.7 Å². The molecule has 1 aromatic heterocycles. The van der Waals surface area contributed by atoms with Gasteiger partial charge in [-0.05, 0) is 51.7 Å². The number of carbonyl (C=O) groups excluding carboxylic acids is 1. The lowest BCUT2D eigenvalue weighted by atomic mass is 9.97. The number of nitrogens with one attached hydrogen (secondary N) is 1. The van der Waals surface area contributed by atoms with E-state index in [0.717, 1.165) is 49.7 Å². The van der Waals surface area contributed by atoms with Gasteiger partial charge in [-0.15, -0.1) is 0 Å². The van der Waals surface area contributed by atoms with Gasteiger partial charge in [-0.25, -0.2) is 13.2 Å². The van der Waals surface area contributed by atoms with Crippen molar-refractivity contribution in [2.24, 2.45) is 0 Å². The normalized spacial score (nSPS) is 26.1. The molecule has 3 aliphatic heterocycles. The maximum Gasteiger partial charge on any atom is 0.413 e. The van der Waals surface area contributed by atoms with Gasteiger partial charge in [-0.2, -0.15) is 0 Å². The number of amides is 1. The molecule has 1 unspecified atom stereocenters. The molecule has 3 aliphatic rings. The van der Waals surface area contributed by atoms with Crippen molar-refractivity contribution in [1.82, 2.24) is 19.7 Å². The second kappa shape index (κ2) is 11.6. The Hall–Kier alpha value is -2.47. The van der Waals surface area contributed by atoms with E-state index in [1.165, 1.54) is 0 Å². The third-order valence-electron chi connectivity index (χ3n) is 8.48. The van der Waals surface area contributed by atoms with Crippen LogP contribution in [0, 0.1) is 0 Å². The van der Waals surface area contributed by atoms with Crippen molar-refractivity contribution >= 4 is 26.8 Å². The summed E-state index contributed by atoms with van der Waals surface area (Å²) in [6.45, 7) is 6.50. The third-order valence-corrected chi connectivity index (χ3v) is 10.1. The van der Waals surface area contributed by atoms with Crippen LogP contribution in [0.4, 0.5) is 4.79 Å². The molecule has 5 rings (SSSR count). The molecule has 2 bridgehead atoms. The third kappa shape index (κ3) is 6.32. The Morgan fingerprint density at radius 1 is 1.08 bits per heavy atom. The molecule has 0 spiro atoms. The summed E-state index contributed by atoms with van der Waals surface area (Å²) in [6, 6.07) is 9.83. The monoisotopic (exact) mass is 560 g/mol. The second-order valence-corrected chi connectivity index (χ2v) is 13.7. The van der Waals surface area contributed by atoms with E-state index in [1.807, 2.05) is 38.1 Å². The Balaban J connectivity index is 1.18. The van der Waals surface area contributed by atoms with E-state index < -0.39 is 15.9 Å². The fraction of sp³-hybridized carbons (Fsp3) is 0.643. The van der Waals surface area contributed by atoms with Crippen LogP contribution in [-0.4, -0.2) is 97.9 Å². The molecule has 4 heterocycles. The smallest absolute Gasteiger partial charge is 0.404 e. The highest BCUT2D eigenvalue weighted by Crippen LogP contribution is 2.36. The number of hydrogen-bond donors (Lipinski definition) is 1. The largest absolute Gasteiger partial charge is 0.413 e. The van der Waals surface area contributed by atoms with Crippen LogP contribution >= 0.6 is 0 Å². The molecule has 214 valence electrons. The van der Waals surface area contributed by atoms with E-state index >= 15 is 0 Å². The minimum atomic E-state index is -2.90. The minimum absolute atomic E-state index is 0.000546. The number of nitrogens with zero attached hydrogens (tertiary/aromatic N) is 3. The lowest BCUT2D eigenvalue weighted by Crippen LogP contribution is -2.54. The number of piperidine rings is 1. The molecule has 1 N–H and O–H groups in total. The molecule has 1 aromatic carbocycles. The van der Waals surface area contributed by atoms with Crippen molar-refractivity contribution in [3.8, 4) is 5.75 Å². The number of aromatic nitrogens is 1. The van der Waals surface area contributed by atoms with Gasteiger partial charge in [0.05, 0.1) is 23.1 Å². The number of rotatable bonds is 8. The molecule has 1 amide bonds. The van der Waals surface area contributed by atoms with Crippen LogP contribution in [0.15, 0.2) is 35.1 Å². The Bertz CT molecular complexity index is 1330. The lowest BCUT2D eigenvalue weighted by molar-refractivity contribution is 0.00899. The number of pyridine rings is 1. The minimum Gasteiger partial charge on any atom is -0.404 e. The van der Waals surface area contributed by atoms with Crippen LogP contribution in [0.2, 0.25) is 0 Å². The van der Waals surface area contributed by atoms with Crippen LogP contribution < -0.4 is 15.6 Å². The van der Waals surface area contributed by atoms with Crippen LogP contribution in [0.3, 0.4) is 0 Å². The lowest BCUT2D eigenvalue weighted by Gasteiger charge is -2.41. The van der Waals surface area contributed by atoms with Gasteiger partial charge in [0.25, 0.3) is 5.56 Å². The molecule has 3 fully saturated rings. The summed E-state index contributed by atoms with van der Waals surface area (Å²) in [4.78, 5) is 30.7. The van der Waals surface area contributed by atoms with Crippen molar-refractivity contribution in [3.05, 3.63) is 40.7 Å². The first-order chi connectivity index (χ1) is 18.6. The summed E-state index contributed by atoms with van der Waals surface area (Å²) in [5.41, 5.74) is 0.500. The zero-order valence-electron chi connectivity index (χ0n) is 23.0. The molecule has 0 saturated carbocycles. The van der Waals surface area contributed by atoms with E-state index in [4.69, 9.17) is 9.47 Å². The predicted octanol–water partition coefficient (Wildman–Crippen LogP) is 2.41. The molecule has 4 atom stereocenters. The fourth-order valence-corrected chi connectivity index (χ4v) is 7.77. The topological polar surface area (TPSA) is 110 Å². The van der Waals surface area contributed by atoms with Crippen molar-refractivity contribution in [1.29, 1.82) is 0 Å². The van der Waals surface area contributed by atoms with E-state index in [-0.39, 0.29) is 41.0 Å². The first-order valence-corrected chi connectivity index (χ1v) is 15.8. The first-order valence-electron chi connectivity index (χ1n) is 14.0. The number of hydrogen-bond acceptors (Lipinski definition) is 8. The van der Waals surface area contributed by atoms with E-state index in [9.17, 15) is 18.0 Å². The van der Waals surface area contributed by atoms with Gasteiger partial charge in [0.2, 0.25) is 0 Å². The van der Waals surface area contributed by atoms with Gasteiger partial charge in [0.15, 0.2) is 15.6 Å². The maximum absolute atomic E-state index is 13.1. The van der Waals surface area contributed by atoms with Crippen molar-refractivity contribution in [3.63, 3.8) is 0 Å². The first kappa shape index (κ1) is 28.1. The number of methoxy groups -OCH3 is 1. The van der Waals surface area contributed by atoms with Gasteiger partial charge in [0.1, 0.15) is 0 Å². The number of sulfone groups is 1. The van der Waals surface area contributed by atoms with Crippen LogP contribution in [0.5, 0.6) is 5.75 Å². The summed E-state index contributed by atoms with van der Waals surface area (Å²) in [5, 5.41) is 3.87. The van der Waals surface area contributed by atoms with Crippen LogP contribution in [0.1, 0.15) is 45.6 Å².